The van der Waals surface area contributed by atoms with Gasteiger partial charge in [-0.15, -0.1) is 0 Å². The summed E-state index contributed by atoms with van der Waals surface area (Å²) in [5.74, 6) is -0.625. The van der Waals surface area contributed by atoms with E-state index in [1.165, 1.54) is 0 Å². The molecule has 0 atom stereocenters. The van der Waals surface area contributed by atoms with Crippen LogP contribution in [0.5, 0.6) is 0 Å². The maximum Gasteiger partial charge on any atom is 0.310 e. The van der Waals surface area contributed by atoms with E-state index in [0.29, 0.717) is 5.56 Å². The first kappa shape index (κ1) is 19.5. The third kappa shape index (κ3) is 4.19. The number of aromatic nitrogens is 2. The number of para-hydroxylation sites is 1. The summed E-state index contributed by atoms with van der Waals surface area (Å²) < 4.78 is 7.08. The van der Waals surface area contributed by atoms with Gasteiger partial charge in [-0.2, -0.15) is 5.10 Å². The molecule has 3 rings (SSSR count). The van der Waals surface area contributed by atoms with E-state index < -0.39 is 5.97 Å². The van der Waals surface area contributed by atoms with E-state index in [9.17, 15) is 9.59 Å². The molecule has 0 N–H and O–H groups in total. The van der Waals surface area contributed by atoms with Crippen molar-refractivity contribution in [2.24, 2.45) is 0 Å². The number of Topliss-reactive ketones (excluding diaryl/α,β-unsaturated/α-hetero) is 1. The van der Waals surface area contributed by atoms with Gasteiger partial charge in [0.05, 0.1) is 17.8 Å². The van der Waals surface area contributed by atoms with Gasteiger partial charge < -0.3 is 4.74 Å². The second-order valence-electron chi connectivity index (χ2n) is 6.98. The summed E-state index contributed by atoms with van der Waals surface area (Å²) in [6.07, 6.45) is 0.0879. The minimum absolute atomic E-state index is 0.0879. The number of carbonyl (C=O) groups excluding carboxylic acids is 2. The van der Waals surface area contributed by atoms with Gasteiger partial charge in [-0.25, -0.2) is 4.68 Å². The van der Waals surface area contributed by atoms with Gasteiger partial charge in [-0.05, 0) is 51.5 Å². The Labute approximate surface area is 165 Å². The van der Waals surface area contributed by atoms with Crippen LogP contribution < -0.4 is 0 Å². The van der Waals surface area contributed by atoms with Crippen molar-refractivity contribution in [3.05, 3.63) is 82.2 Å². The van der Waals surface area contributed by atoms with Gasteiger partial charge in [0.25, 0.3) is 0 Å². The molecular formula is C23H24N2O3. The number of benzene rings is 2. The molecular weight excluding hydrogens is 352 g/mol. The molecule has 5 heteroatoms. The van der Waals surface area contributed by atoms with Crippen molar-refractivity contribution < 1.29 is 14.3 Å². The Morgan fingerprint density at radius 1 is 1.00 bits per heavy atom. The minimum Gasteiger partial charge on any atom is -0.457 e. The molecule has 3 aromatic rings. The van der Waals surface area contributed by atoms with Crippen molar-refractivity contribution in [3.63, 3.8) is 0 Å². The molecule has 1 heterocycles. The van der Waals surface area contributed by atoms with Crippen molar-refractivity contribution in [3.8, 4) is 5.69 Å². The molecule has 0 saturated heterocycles. The van der Waals surface area contributed by atoms with Gasteiger partial charge in [0.1, 0.15) is 0 Å². The summed E-state index contributed by atoms with van der Waals surface area (Å²) in [5, 5.41) is 4.54. The fraction of sp³-hybridized carbons (Fsp3) is 0.261. The third-order valence-corrected chi connectivity index (χ3v) is 4.82. The first-order chi connectivity index (χ1) is 13.4. The van der Waals surface area contributed by atoms with E-state index in [-0.39, 0.29) is 18.8 Å². The van der Waals surface area contributed by atoms with Gasteiger partial charge in [-0.3, -0.25) is 9.59 Å². The van der Waals surface area contributed by atoms with Crippen LogP contribution in [0.1, 0.15) is 38.4 Å². The number of carbonyl (C=O) groups is 2. The molecule has 1 aromatic heterocycles. The molecule has 0 aliphatic carbocycles. The van der Waals surface area contributed by atoms with Crippen LogP contribution in [0.4, 0.5) is 0 Å². The zero-order valence-electron chi connectivity index (χ0n) is 16.7. The van der Waals surface area contributed by atoms with Crippen molar-refractivity contribution in [1.29, 1.82) is 0 Å². The van der Waals surface area contributed by atoms with Gasteiger partial charge in [0, 0.05) is 16.8 Å². The molecule has 0 fully saturated rings. The molecule has 0 amide bonds. The minimum atomic E-state index is -0.433. The molecule has 0 aliphatic rings. The number of hydrogen-bond donors (Lipinski definition) is 0. The van der Waals surface area contributed by atoms with Crippen LogP contribution in [0.3, 0.4) is 0 Å². The first-order valence-electron chi connectivity index (χ1n) is 9.23. The van der Waals surface area contributed by atoms with Crippen molar-refractivity contribution in [2.75, 3.05) is 6.61 Å². The van der Waals surface area contributed by atoms with Crippen molar-refractivity contribution in [1.82, 2.24) is 9.78 Å². The van der Waals surface area contributed by atoms with E-state index in [1.807, 2.05) is 80.9 Å². The topological polar surface area (TPSA) is 61.2 Å². The molecule has 0 aliphatic heterocycles. The molecule has 0 bridgehead atoms. The Morgan fingerprint density at radius 3 is 2.43 bits per heavy atom. The molecule has 28 heavy (non-hydrogen) atoms. The zero-order valence-corrected chi connectivity index (χ0v) is 16.7. The number of esters is 1. The number of ether oxygens (including phenoxy) is 1. The summed E-state index contributed by atoms with van der Waals surface area (Å²) in [5.41, 5.74) is 5.90. The summed E-state index contributed by atoms with van der Waals surface area (Å²) in [4.78, 5) is 24.7. The lowest BCUT2D eigenvalue weighted by atomic mass is 10.0. The van der Waals surface area contributed by atoms with Crippen LogP contribution in [0, 0.1) is 27.7 Å². The van der Waals surface area contributed by atoms with Crippen LogP contribution in [0.25, 0.3) is 5.69 Å². The monoisotopic (exact) mass is 376 g/mol. The van der Waals surface area contributed by atoms with E-state index >= 15 is 0 Å². The highest BCUT2D eigenvalue weighted by Gasteiger charge is 2.18. The van der Waals surface area contributed by atoms with E-state index in [1.54, 1.807) is 0 Å². The number of hydrogen-bond acceptors (Lipinski definition) is 4. The summed E-state index contributed by atoms with van der Waals surface area (Å²) in [6.45, 7) is 7.35. The van der Waals surface area contributed by atoms with Crippen molar-refractivity contribution >= 4 is 11.8 Å². The van der Waals surface area contributed by atoms with Crippen molar-refractivity contribution in [2.45, 2.75) is 34.1 Å². The summed E-state index contributed by atoms with van der Waals surface area (Å²) in [6, 6.07) is 15.4. The Morgan fingerprint density at radius 2 is 1.71 bits per heavy atom. The zero-order chi connectivity index (χ0) is 20.3. The molecule has 0 spiro atoms. The fourth-order valence-corrected chi connectivity index (χ4v) is 3.21. The predicted molar refractivity (Wildman–Crippen MR) is 108 cm³/mol. The highest BCUT2D eigenvalue weighted by molar-refractivity contribution is 5.99. The van der Waals surface area contributed by atoms with Gasteiger partial charge in [0.2, 0.25) is 5.78 Å². The van der Waals surface area contributed by atoms with Crippen LogP contribution in [0.15, 0.2) is 48.5 Å². The highest BCUT2D eigenvalue weighted by atomic mass is 16.5. The standard InChI is InChI=1S/C23H24N2O3/c1-15-10-11-16(2)20(12-15)22(26)14-28-23(27)13-21-17(3)24-25(18(21)4)19-8-6-5-7-9-19/h5-12H,13-14H2,1-4H3. The highest BCUT2D eigenvalue weighted by Crippen LogP contribution is 2.19. The van der Waals surface area contributed by atoms with E-state index in [0.717, 1.165) is 33.8 Å². The van der Waals surface area contributed by atoms with Crippen LogP contribution >= 0.6 is 0 Å². The molecule has 2 aromatic carbocycles. The Bertz CT molecular complexity index is 1020. The Hall–Kier alpha value is -3.21. The molecule has 0 unspecified atom stereocenters. The number of rotatable bonds is 6. The Balaban J connectivity index is 1.68. The molecule has 0 radical (unpaired) electrons. The molecule has 0 saturated carbocycles. The maximum absolute atomic E-state index is 12.4. The maximum atomic E-state index is 12.4. The number of nitrogens with zero attached hydrogens (tertiary/aromatic N) is 2. The first-order valence-corrected chi connectivity index (χ1v) is 9.23. The SMILES string of the molecule is Cc1ccc(C)c(C(=O)COC(=O)Cc2c(C)nn(-c3ccccc3)c2C)c1. The normalized spacial score (nSPS) is 10.7. The van der Waals surface area contributed by atoms with Gasteiger partial charge >= 0.3 is 5.97 Å². The average molecular weight is 376 g/mol. The Kier molecular flexibility index (Phi) is 5.73. The lowest BCUT2D eigenvalue weighted by Crippen LogP contribution is -2.17. The number of aryl methyl sites for hydroxylation is 3. The van der Waals surface area contributed by atoms with Crippen LogP contribution in [-0.2, 0) is 16.0 Å². The van der Waals surface area contributed by atoms with E-state index in [2.05, 4.69) is 5.10 Å². The largest absolute Gasteiger partial charge is 0.457 e. The summed E-state index contributed by atoms with van der Waals surface area (Å²) in [7, 11) is 0. The second kappa shape index (κ2) is 8.21. The quantitative estimate of drug-likeness (QED) is 0.480. The molecule has 144 valence electrons. The van der Waals surface area contributed by atoms with Gasteiger partial charge in [0.15, 0.2) is 6.61 Å². The lowest BCUT2D eigenvalue weighted by molar-refractivity contribution is -0.141. The molecule has 5 nitrogen and oxygen atoms in total. The van der Waals surface area contributed by atoms with Crippen LogP contribution in [-0.4, -0.2) is 28.1 Å². The lowest BCUT2D eigenvalue weighted by Gasteiger charge is -2.08. The van der Waals surface area contributed by atoms with Gasteiger partial charge in [-0.1, -0.05) is 35.9 Å². The smallest absolute Gasteiger partial charge is 0.310 e. The number of ketones is 1. The van der Waals surface area contributed by atoms with Crippen LogP contribution in [0.2, 0.25) is 0 Å². The third-order valence-electron chi connectivity index (χ3n) is 4.82. The predicted octanol–water partition coefficient (Wildman–Crippen LogP) is 4.07. The van der Waals surface area contributed by atoms with E-state index in [4.69, 9.17) is 4.74 Å². The second-order valence-corrected chi connectivity index (χ2v) is 6.98. The summed E-state index contributed by atoms with van der Waals surface area (Å²) >= 11 is 0. The fourth-order valence-electron chi connectivity index (χ4n) is 3.21. The average Bonchev–Trinajstić information content (AvgIpc) is 2.97.